The SMILES string of the molecule is CCCCn1c(=O)nc(OCC(=O)N[C@@H]2CCCC[C@H]2C)c2c1ncn2Cc1ccco1. The zero-order valence-corrected chi connectivity index (χ0v) is 18.7. The highest BCUT2D eigenvalue weighted by molar-refractivity contribution is 5.80. The topological polar surface area (TPSA) is 104 Å². The molecule has 0 saturated heterocycles. The van der Waals surface area contributed by atoms with Crippen molar-refractivity contribution in [3.8, 4) is 5.88 Å². The average Bonchev–Trinajstić information content (AvgIpc) is 3.44. The quantitative estimate of drug-likeness (QED) is 0.547. The molecule has 0 radical (unpaired) electrons. The largest absolute Gasteiger partial charge is 0.467 e. The van der Waals surface area contributed by atoms with Crippen LogP contribution in [0, 0.1) is 5.92 Å². The Morgan fingerprint density at radius 1 is 1.34 bits per heavy atom. The molecule has 0 bridgehead atoms. The van der Waals surface area contributed by atoms with Gasteiger partial charge in [0.2, 0.25) is 5.88 Å². The summed E-state index contributed by atoms with van der Waals surface area (Å²) in [5.41, 5.74) is 0.655. The third-order valence-corrected chi connectivity index (χ3v) is 6.14. The number of nitrogens with zero attached hydrogens (tertiary/aromatic N) is 4. The van der Waals surface area contributed by atoms with Crippen LogP contribution in [0.4, 0.5) is 0 Å². The van der Waals surface area contributed by atoms with E-state index >= 15 is 0 Å². The molecule has 1 aliphatic rings. The van der Waals surface area contributed by atoms with Crippen LogP contribution in [-0.4, -0.2) is 37.7 Å². The molecule has 1 aliphatic carbocycles. The Bertz CT molecular complexity index is 1100. The third-order valence-electron chi connectivity index (χ3n) is 6.14. The Morgan fingerprint density at radius 3 is 2.94 bits per heavy atom. The van der Waals surface area contributed by atoms with Crippen molar-refractivity contribution in [2.75, 3.05) is 6.61 Å². The molecule has 3 aromatic heterocycles. The summed E-state index contributed by atoms with van der Waals surface area (Å²) in [7, 11) is 0. The highest BCUT2D eigenvalue weighted by atomic mass is 16.5. The van der Waals surface area contributed by atoms with Crippen LogP contribution < -0.4 is 15.7 Å². The zero-order chi connectivity index (χ0) is 22.5. The Hall–Kier alpha value is -3.10. The molecule has 0 aromatic carbocycles. The number of imidazole rings is 1. The molecule has 3 aromatic rings. The molecule has 0 unspecified atom stereocenters. The van der Waals surface area contributed by atoms with Gasteiger partial charge < -0.3 is 19.0 Å². The number of nitrogens with one attached hydrogen (secondary N) is 1. The number of aromatic nitrogens is 4. The molecule has 172 valence electrons. The Kier molecular flexibility index (Phi) is 6.92. The standard InChI is InChI=1S/C23H31N5O4/c1-3-4-11-28-21-20(27(15-24-21)13-17-9-7-12-31-17)22(26-23(28)30)32-14-19(29)25-18-10-6-5-8-16(18)2/h7,9,12,15-16,18H,3-6,8,10-11,13-14H2,1-2H3,(H,25,29)/t16-,18-/m1/s1. The Morgan fingerprint density at radius 2 is 2.19 bits per heavy atom. The number of rotatable bonds is 9. The van der Waals surface area contributed by atoms with E-state index in [2.05, 4.69) is 29.1 Å². The van der Waals surface area contributed by atoms with E-state index in [1.54, 1.807) is 17.2 Å². The van der Waals surface area contributed by atoms with Crippen LogP contribution >= 0.6 is 0 Å². The summed E-state index contributed by atoms with van der Waals surface area (Å²) in [6.07, 6.45) is 9.48. The number of carbonyl (C=O) groups excluding carboxylic acids is 1. The average molecular weight is 442 g/mol. The molecule has 0 aliphatic heterocycles. The molecule has 1 fully saturated rings. The molecule has 1 amide bonds. The zero-order valence-electron chi connectivity index (χ0n) is 18.7. The molecule has 3 heterocycles. The van der Waals surface area contributed by atoms with Crippen LogP contribution in [0.3, 0.4) is 0 Å². The summed E-state index contributed by atoms with van der Waals surface area (Å²) in [5.74, 6) is 1.11. The van der Waals surface area contributed by atoms with Crippen molar-refractivity contribution < 1.29 is 13.9 Å². The van der Waals surface area contributed by atoms with Gasteiger partial charge in [0.05, 0.1) is 19.1 Å². The summed E-state index contributed by atoms with van der Waals surface area (Å²) in [6, 6.07) is 3.85. The minimum Gasteiger partial charge on any atom is -0.467 e. The second-order valence-electron chi connectivity index (χ2n) is 8.55. The molecule has 32 heavy (non-hydrogen) atoms. The normalized spacial score (nSPS) is 18.7. The molecule has 9 heteroatoms. The molecular formula is C23H31N5O4. The van der Waals surface area contributed by atoms with E-state index in [1.165, 1.54) is 6.42 Å². The molecule has 1 N–H and O–H groups in total. The van der Waals surface area contributed by atoms with E-state index in [0.29, 0.717) is 30.2 Å². The van der Waals surface area contributed by atoms with Crippen LogP contribution in [0.15, 0.2) is 33.9 Å². The number of unbranched alkanes of at least 4 members (excludes halogenated alkanes) is 1. The van der Waals surface area contributed by atoms with Gasteiger partial charge in [-0.15, -0.1) is 0 Å². The number of aryl methyl sites for hydroxylation is 1. The van der Waals surface area contributed by atoms with Crippen molar-refractivity contribution in [3.63, 3.8) is 0 Å². The van der Waals surface area contributed by atoms with Crippen LogP contribution in [0.25, 0.3) is 11.2 Å². The second kappa shape index (κ2) is 10.0. The number of amides is 1. The van der Waals surface area contributed by atoms with Gasteiger partial charge in [0, 0.05) is 12.6 Å². The predicted octanol–water partition coefficient (Wildman–Crippen LogP) is 3.11. The van der Waals surface area contributed by atoms with Crippen molar-refractivity contribution in [3.05, 3.63) is 41.0 Å². The number of furan rings is 1. The lowest BCUT2D eigenvalue weighted by Crippen LogP contribution is -2.43. The number of fused-ring (bicyclic) bond motifs is 1. The Balaban J connectivity index is 1.58. The van der Waals surface area contributed by atoms with E-state index in [4.69, 9.17) is 9.15 Å². The number of ether oxygens (including phenoxy) is 1. The van der Waals surface area contributed by atoms with Gasteiger partial charge >= 0.3 is 5.69 Å². The van der Waals surface area contributed by atoms with Gasteiger partial charge in [-0.25, -0.2) is 9.78 Å². The van der Waals surface area contributed by atoms with Gasteiger partial charge in [-0.1, -0.05) is 33.1 Å². The maximum atomic E-state index is 12.7. The van der Waals surface area contributed by atoms with Crippen molar-refractivity contribution in [2.24, 2.45) is 5.92 Å². The van der Waals surface area contributed by atoms with Crippen LogP contribution in [0.2, 0.25) is 0 Å². The lowest BCUT2D eigenvalue weighted by atomic mass is 9.86. The van der Waals surface area contributed by atoms with Crippen LogP contribution in [0.1, 0.15) is 58.1 Å². The molecule has 9 nitrogen and oxygen atoms in total. The van der Waals surface area contributed by atoms with Crippen LogP contribution in [-0.2, 0) is 17.9 Å². The summed E-state index contributed by atoms with van der Waals surface area (Å²) in [4.78, 5) is 33.9. The lowest BCUT2D eigenvalue weighted by Gasteiger charge is -2.29. The first-order valence-electron chi connectivity index (χ1n) is 11.5. The maximum absolute atomic E-state index is 12.7. The van der Waals surface area contributed by atoms with E-state index in [-0.39, 0.29) is 24.4 Å². The Labute approximate surface area is 186 Å². The van der Waals surface area contributed by atoms with Crippen LogP contribution in [0.5, 0.6) is 5.88 Å². The first kappa shape index (κ1) is 22.1. The van der Waals surface area contributed by atoms with Gasteiger partial charge in [-0.2, -0.15) is 4.98 Å². The smallest absolute Gasteiger partial charge is 0.352 e. The summed E-state index contributed by atoms with van der Waals surface area (Å²) in [6.45, 7) is 4.97. The molecule has 0 spiro atoms. The first-order valence-corrected chi connectivity index (χ1v) is 11.5. The second-order valence-corrected chi connectivity index (χ2v) is 8.55. The highest BCUT2D eigenvalue weighted by Crippen LogP contribution is 2.24. The predicted molar refractivity (Wildman–Crippen MR) is 120 cm³/mol. The van der Waals surface area contributed by atoms with Crippen molar-refractivity contribution in [1.82, 2.24) is 24.4 Å². The fraction of sp³-hybridized carbons (Fsp3) is 0.565. The number of hydrogen-bond acceptors (Lipinski definition) is 6. The van der Waals surface area contributed by atoms with E-state index in [0.717, 1.165) is 37.9 Å². The van der Waals surface area contributed by atoms with E-state index < -0.39 is 5.69 Å². The molecule has 1 saturated carbocycles. The fourth-order valence-electron chi connectivity index (χ4n) is 4.30. The van der Waals surface area contributed by atoms with E-state index in [1.807, 2.05) is 16.7 Å². The first-order chi connectivity index (χ1) is 15.6. The molecule has 4 rings (SSSR count). The molecular weight excluding hydrogens is 410 g/mol. The van der Waals surface area contributed by atoms with Crippen molar-refractivity contribution in [2.45, 2.75) is 71.5 Å². The highest BCUT2D eigenvalue weighted by Gasteiger charge is 2.24. The summed E-state index contributed by atoms with van der Waals surface area (Å²) in [5, 5.41) is 3.07. The minimum atomic E-state index is -0.425. The monoisotopic (exact) mass is 441 g/mol. The summed E-state index contributed by atoms with van der Waals surface area (Å²) >= 11 is 0. The van der Waals surface area contributed by atoms with Gasteiger partial charge in [-0.3, -0.25) is 9.36 Å². The maximum Gasteiger partial charge on any atom is 0.352 e. The minimum absolute atomic E-state index is 0.119. The number of hydrogen-bond donors (Lipinski definition) is 1. The lowest BCUT2D eigenvalue weighted by molar-refractivity contribution is -0.124. The van der Waals surface area contributed by atoms with Gasteiger partial charge in [0.1, 0.15) is 11.3 Å². The summed E-state index contributed by atoms with van der Waals surface area (Å²) < 4.78 is 14.6. The van der Waals surface area contributed by atoms with Gasteiger partial charge in [0.25, 0.3) is 5.91 Å². The van der Waals surface area contributed by atoms with Gasteiger partial charge in [-0.05, 0) is 37.3 Å². The molecule has 2 atom stereocenters. The third kappa shape index (κ3) is 4.87. The number of carbonyl (C=O) groups is 1. The van der Waals surface area contributed by atoms with E-state index in [9.17, 15) is 9.59 Å². The van der Waals surface area contributed by atoms with Crippen molar-refractivity contribution in [1.29, 1.82) is 0 Å². The van der Waals surface area contributed by atoms with Crippen molar-refractivity contribution >= 4 is 17.1 Å². The van der Waals surface area contributed by atoms with Gasteiger partial charge in [0.15, 0.2) is 12.3 Å². The fourth-order valence-corrected chi connectivity index (χ4v) is 4.30.